The van der Waals surface area contributed by atoms with Crippen LogP contribution in [0, 0.1) is 5.92 Å². The number of aromatic hydroxyl groups is 1. The third kappa shape index (κ3) is 3.40. The summed E-state index contributed by atoms with van der Waals surface area (Å²) in [5.41, 5.74) is 5.61. The van der Waals surface area contributed by atoms with E-state index in [0.717, 1.165) is 24.4 Å². The fourth-order valence-corrected chi connectivity index (χ4v) is 2.83. The van der Waals surface area contributed by atoms with Crippen LogP contribution in [0.2, 0.25) is 0 Å². The highest BCUT2D eigenvalue weighted by molar-refractivity contribution is 8.00. The Morgan fingerprint density at radius 2 is 2.17 bits per heavy atom. The van der Waals surface area contributed by atoms with E-state index in [1.807, 2.05) is 17.0 Å². The number of amides is 1. The van der Waals surface area contributed by atoms with E-state index in [1.54, 1.807) is 12.1 Å². The van der Waals surface area contributed by atoms with Gasteiger partial charge in [0.25, 0.3) is 0 Å². The minimum Gasteiger partial charge on any atom is -0.508 e. The lowest BCUT2D eigenvalue weighted by molar-refractivity contribution is -0.127. The van der Waals surface area contributed by atoms with Crippen molar-refractivity contribution in [1.29, 1.82) is 0 Å². The Morgan fingerprint density at radius 1 is 1.44 bits per heavy atom. The number of nitrogens with zero attached hydrogens (tertiary/aromatic N) is 1. The Labute approximate surface area is 111 Å². The maximum absolute atomic E-state index is 12.0. The lowest BCUT2D eigenvalue weighted by atomic mass is 10.1. The van der Waals surface area contributed by atoms with E-state index in [0.29, 0.717) is 18.2 Å². The normalized spacial score (nSPS) is 19.2. The fraction of sp³-hybridized carbons (Fsp3) is 0.462. The van der Waals surface area contributed by atoms with Gasteiger partial charge in [-0.25, -0.2) is 0 Å². The number of rotatable bonds is 4. The molecule has 1 aliphatic rings. The number of carbonyl (C=O) groups is 1. The molecule has 4 nitrogen and oxygen atoms in total. The number of nitrogens with two attached hydrogens (primary N) is 1. The molecule has 0 bridgehead atoms. The Balaban J connectivity index is 1.80. The van der Waals surface area contributed by atoms with Gasteiger partial charge in [0.05, 0.1) is 5.75 Å². The van der Waals surface area contributed by atoms with Gasteiger partial charge in [-0.2, -0.15) is 0 Å². The number of thioether (sulfide) groups is 1. The van der Waals surface area contributed by atoms with Crippen LogP contribution < -0.4 is 5.73 Å². The van der Waals surface area contributed by atoms with Crippen LogP contribution in [0.1, 0.15) is 6.42 Å². The minimum atomic E-state index is 0.170. The zero-order chi connectivity index (χ0) is 13.0. The van der Waals surface area contributed by atoms with Crippen LogP contribution in [-0.2, 0) is 4.79 Å². The van der Waals surface area contributed by atoms with Gasteiger partial charge in [-0.1, -0.05) is 0 Å². The molecule has 3 N–H and O–H groups in total. The van der Waals surface area contributed by atoms with Gasteiger partial charge >= 0.3 is 0 Å². The van der Waals surface area contributed by atoms with Crippen molar-refractivity contribution in [1.82, 2.24) is 4.90 Å². The van der Waals surface area contributed by atoms with Crippen LogP contribution in [0.5, 0.6) is 5.75 Å². The second-order valence-electron chi connectivity index (χ2n) is 4.51. The quantitative estimate of drug-likeness (QED) is 0.806. The number of likely N-dealkylation sites (tertiary alicyclic amines) is 1. The molecule has 0 aliphatic carbocycles. The number of phenolic OH excluding ortho intramolecular Hbond substituents is 1. The van der Waals surface area contributed by atoms with Gasteiger partial charge in [0.2, 0.25) is 5.91 Å². The monoisotopic (exact) mass is 266 g/mol. The predicted molar refractivity (Wildman–Crippen MR) is 72.6 cm³/mol. The summed E-state index contributed by atoms with van der Waals surface area (Å²) < 4.78 is 0. The van der Waals surface area contributed by atoms with E-state index in [9.17, 15) is 4.79 Å². The van der Waals surface area contributed by atoms with E-state index >= 15 is 0 Å². The van der Waals surface area contributed by atoms with E-state index in [1.165, 1.54) is 11.8 Å². The smallest absolute Gasteiger partial charge is 0.232 e. The first kappa shape index (κ1) is 13.2. The summed E-state index contributed by atoms with van der Waals surface area (Å²) in [6, 6.07) is 6.90. The summed E-state index contributed by atoms with van der Waals surface area (Å²) >= 11 is 1.50. The van der Waals surface area contributed by atoms with Gasteiger partial charge in [-0.05, 0) is 43.1 Å². The molecule has 1 atom stereocenters. The Morgan fingerprint density at radius 3 is 2.78 bits per heavy atom. The SMILES string of the molecule is NCC1CCN(C(=O)CSc2ccc(O)cc2)C1. The van der Waals surface area contributed by atoms with E-state index in [-0.39, 0.29) is 11.7 Å². The number of phenols is 1. The zero-order valence-electron chi connectivity index (χ0n) is 10.2. The molecule has 18 heavy (non-hydrogen) atoms. The number of hydrogen-bond donors (Lipinski definition) is 2. The van der Waals surface area contributed by atoms with Crippen LogP contribution in [0.25, 0.3) is 0 Å². The summed E-state index contributed by atoms with van der Waals surface area (Å²) in [5, 5.41) is 9.17. The molecule has 1 heterocycles. The molecule has 2 rings (SSSR count). The van der Waals surface area contributed by atoms with E-state index in [4.69, 9.17) is 10.8 Å². The molecular weight excluding hydrogens is 248 g/mol. The van der Waals surface area contributed by atoms with E-state index < -0.39 is 0 Å². The van der Waals surface area contributed by atoms with Crippen molar-refractivity contribution in [3.63, 3.8) is 0 Å². The molecule has 5 heteroatoms. The lowest BCUT2D eigenvalue weighted by Gasteiger charge is -2.15. The van der Waals surface area contributed by atoms with Crippen molar-refractivity contribution < 1.29 is 9.90 Å². The third-order valence-electron chi connectivity index (χ3n) is 3.17. The van der Waals surface area contributed by atoms with Crippen molar-refractivity contribution in [2.75, 3.05) is 25.4 Å². The molecule has 1 amide bonds. The van der Waals surface area contributed by atoms with Crippen LogP contribution in [0.15, 0.2) is 29.2 Å². The molecule has 1 aromatic carbocycles. The van der Waals surface area contributed by atoms with Gasteiger partial charge in [0, 0.05) is 18.0 Å². The molecule has 1 saturated heterocycles. The van der Waals surface area contributed by atoms with Crippen LogP contribution >= 0.6 is 11.8 Å². The second kappa shape index (κ2) is 6.11. The first-order valence-corrected chi connectivity index (χ1v) is 7.07. The predicted octanol–water partition coefficient (Wildman–Crippen LogP) is 1.29. The summed E-state index contributed by atoms with van der Waals surface area (Å²) in [4.78, 5) is 14.9. The number of benzene rings is 1. The van der Waals surface area contributed by atoms with Crippen molar-refractivity contribution in [2.45, 2.75) is 11.3 Å². The molecule has 0 radical (unpaired) electrons. The molecule has 0 saturated carbocycles. The van der Waals surface area contributed by atoms with Gasteiger partial charge in [0.15, 0.2) is 0 Å². The average molecular weight is 266 g/mol. The molecular formula is C13H18N2O2S. The highest BCUT2D eigenvalue weighted by atomic mass is 32.2. The molecule has 0 aromatic heterocycles. The highest BCUT2D eigenvalue weighted by Gasteiger charge is 2.24. The molecule has 1 unspecified atom stereocenters. The van der Waals surface area contributed by atoms with Crippen molar-refractivity contribution in [3.05, 3.63) is 24.3 Å². The molecule has 0 spiro atoms. The Hall–Kier alpha value is -1.20. The minimum absolute atomic E-state index is 0.170. The lowest BCUT2D eigenvalue weighted by Crippen LogP contribution is -2.31. The molecule has 1 aromatic rings. The summed E-state index contributed by atoms with van der Waals surface area (Å²) in [7, 11) is 0. The summed E-state index contributed by atoms with van der Waals surface area (Å²) in [6.45, 7) is 2.29. The van der Waals surface area contributed by atoms with Gasteiger partial charge in [0.1, 0.15) is 5.75 Å². The molecule has 98 valence electrons. The van der Waals surface area contributed by atoms with Crippen LogP contribution in [0.4, 0.5) is 0 Å². The number of hydrogen-bond acceptors (Lipinski definition) is 4. The summed E-state index contributed by atoms with van der Waals surface area (Å²) in [5.74, 6) is 1.33. The second-order valence-corrected chi connectivity index (χ2v) is 5.56. The molecule has 1 aliphatic heterocycles. The van der Waals surface area contributed by atoms with Gasteiger partial charge in [-0.15, -0.1) is 11.8 Å². The Kier molecular flexibility index (Phi) is 4.49. The van der Waals surface area contributed by atoms with Gasteiger partial charge in [-0.3, -0.25) is 4.79 Å². The first-order valence-electron chi connectivity index (χ1n) is 6.08. The van der Waals surface area contributed by atoms with Crippen molar-refractivity contribution >= 4 is 17.7 Å². The topological polar surface area (TPSA) is 66.6 Å². The van der Waals surface area contributed by atoms with Crippen molar-refractivity contribution in [2.24, 2.45) is 11.7 Å². The average Bonchev–Trinajstić information content (AvgIpc) is 2.86. The zero-order valence-corrected chi connectivity index (χ0v) is 11.0. The number of carbonyl (C=O) groups excluding carboxylic acids is 1. The third-order valence-corrected chi connectivity index (χ3v) is 4.17. The maximum Gasteiger partial charge on any atom is 0.232 e. The van der Waals surface area contributed by atoms with Crippen molar-refractivity contribution in [3.8, 4) is 5.75 Å². The standard InChI is InChI=1S/C13H18N2O2S/c14-7-10-5-6-15(8-10)13(17)9-18-12-3-1-11(16)2-4-12/h1-4,10,16H,5-9,14H2. The fourth-order valence-electron chi connectivity index (χ4n) is 2.03. The van der Waals surface area contributed by atoms with Gasteiger partial charge < -0.3 is 15.7 Å². The first-order chi connectivity index (χ1) is 8.69. The summed E-state index contributed by atoms with van der Waals surface area (Å²) in [6.07, 6.45) is 1.02. The van der Waals surface area contributed by atoms with Crippen LogP contribution in [0.3, 0.4) is 0 Å². The van der Waals surface area contributed by atoms with Crippen LogP contribution in [-0.4, -0.2) is 41.3 Å². The Bertz CT molecular complexity index is 408. The molecule has 1 fully saturated rings. The largest absolute Gasteiger partial charge is 0.508 e. The van der Waals surface area contributed by atoms with E-state index in [2.05, 4.69) is 0 Å². The maximum atomic E-state index is 12.0. The highest BCUT2D eigenvalue weighted by Crippen LogP contribution is 2.22.